The molecule has 3 aromatic rings. The standard InChI is InChI=1S/C23H21ClN2O3/c1-2-28-21-13-16(22-25-19-6-4-3-5-18(19)23(27)26-22)9-12-20(21)29-14-15-7-10-17(24)11-8-15/h3-13,22,25H,2,14H2,1H3,(H,26,27)/t22-/m0/s1. The van der Waals surface area contributed by atoms with E-state index >= 15 is 0 Å². The summed E-state index contributed by atoms with van der Waals surface area (Å²) in [5.74, 6) is 1.17. The van der Waals surface area contributed by atoms with Crippen molar-refractivity contribution in [2.45, 2.75) is 19.7 Å². The van der Waals surface area contributed by atoms with Gasteiger partial charge in [-0.2, -0.15) is 0 Å². The number of rotatable bonds is 6. The van der Waals surface area contributed by atoms with E-state index < -0.39 is 0 Å². The van der Waals surface area contributed by atoms with Crippen LogP contribution in [0, 0.1) is 0 Å². The maximum atomic E-state index is 12.4. The van der Waals surface area contributed by atoms with E-state index in [1.165, 1.54) is 0 Å². The quantitative estimate of drug-likeness (QED) is 0.590. The van der Waals surface area contributed by atoms with Gasteiger partial charge in [0, 0.05) is 10.7 Å². The fourth-order valence-electron chi connectivity index (χ4n) is 3.21. The fourth-order valence-corrected chi connectivity index (χ4v) is 3.33. The summed E-state index contributed by atoms with van der Waals surface area (Å²) in [6, 6.07) is 20.7. The molecule has 0 aliphatic carbocycles. The Labute approximate surface area is 174 Å². The maximum absolute atomic E-state index is 12.4. The highest BCUT2D eigenvalue weighted by atomic mass is 35.5. The second kappa shape index (κ2) is 8.45. The molecule has 6 heteroatoms. The SMILES string of the molecule is CCOc1cc([C@@H]2NC(=O)c3ccccc3N2)ccc1OCc1ccc(Cl)cc1. The van der Waals surface area contributed by atoms with Gasteiger partial charge in [-0.15, -0.1) is 0 Å². The molecular formula is C23H21ClN2O3. The number of ether oxygens (including phenoxy) is 2. The molecule has 1 atom stereocenters. The van der Waals surface area contributed by atoms with Crippen LogP contribution in [0.25, 0.3) is 0 Å². The molecular weight excluding hydrogens is 388 g/mol. The molecule has 29 heavy (non-hydrogen) atoms. The van der Waals surface area contributed by atoms with Crippen molar-refractivity contribution in [1.29, 1.82) is 0 Å². The van der Waals surface area contributed by atoms with Gasteiger partial charge in [0.15, 0.2) is 11.5 Å². The third-order valence-corrected chi connectivity index (χ3v) is 4.91. The van der Waals surface area contributed by atoms with Crippen LogP contribution in [0.3, 0.4) is 0 Å². The van der Waals surface area contributed by atoms with E-state index in [4.69, 9.17) is 21.1 Å². The van der Waals surface area contributed by atoms with E-state index in [9.17, 15) is 4.79 Å². The van der Waals surface area contributed by atoms with Crippen molar-refractivity contribution in [2.75, 3.05) is 11.9 Å². The third-order valence-electron chi connectivity index (χ3n) is 4.66. The zero-order valence-corrected chi connectivity index (χ0v) is 16.7. The largest absolute Gasteiger partial charge is 0.490 e. The van der Waals surface area contributed by atoms with Gasteiger partial charge in [-0.25, -0.2) is 0 Å². The summed E-state index contributed by atoms with van der Waals surface area (Å²) in [6.45, 7) is 2.84. The summed E-state index contributed by atoms with van der Waals surface area (Å²) in [5.41, 5.74) is 3.34. The number of anilines is 1. The first-order valence-electron chi connectivity index (χ1n) is 9.44. The van der Waals surface area contributed by atoms with Gasteiger partial charge in [-0.3, -0.25) is 4.79 Å². The van der Waals surface area contributed by atoms with Gasteiger partial charge >= 0.3 is 0 Å². The first-order valence-corrected chi connectivity index (χ1v) is 9.82. The average Bonchev–Trinajstić information content (AvgIpc) is 2.74. The Bertz CT molecular complexity index is 1020. The van der Waals surface area contributed by atoms with E-state index in [0.717, 1.165) is 16.8 Å². The van der Waals surface area contributed by atoms with E-state index in [-0.39, 0.29) is 12.1 Å². The molecule has 0 saturated heterocycles. The molecule has 0 unspecified atom stereocenters. The number of para-hydroxylation sites is 1. The summed E-state index contributed by atoms with van der Waals surface area (Å²) in [7, 11) is 0. The van der Waals surface area contributed by atoms with Gasteiger partial charge in [-0.05, 0) is 54.4 Å². The lowest BCUT2D eigenvalue weighted by Crippen LogP contribution is -2.38. The maximum Gasteiger partial charge on any atom is 0.255 e. The van der Waals surface area contributed by atoms with E-state index in [2.05, 4.69) is 10.6 Å². The van der Waals surface area contributed by atoms with Crippen LogP contribution in [0.15, 0.2) is 66.7 Å². The number of benzene rings is 3. The van der Waals surface area contributed by atoms with E-state index in [0.29, 0.717) is 35.3 Å². The summed E-state index contributed by atoms with van der Waals surface area (Å²) >= 11 is 5.93. The molecule has 0 spiro atoms. The van der Waals surface area contributed by atoms with Crippen molar-refractivity contribution >= 4 is 23.2 Å². The summed E-state index contributed by atoms with van der Waals surface area (Å²) in [4.78, 5) is 12.4. The summed E-state index contributed by atoms with van der Waals surface area (Å²) in [5, 5.41) is 7.03. The lowest BCUT2D eigenvalue weighted by Gasteiger charge is -2.28. The number of carbonyl (C=O) groups is 1. The molecule has 5 nitrogen and oxygen atoms in total. The van der Waals surface area contributed by atoms with Crippen molar-refractivity contribution in [2.24, 2.45) is 0 Å². The van der Waals surface area contributed by atoms with Crippen molar-refractivity contribution in [3.05, 3.63) is 88.4 Å². The van der Waals surface area contributed by atoms with Gasteiger partial charge in [0.1, 0.15) is 12.8 Å². The van der Waals surface area contributed by atoms with Crippen molar-refractivity contribution in [1.82, 2.24) is 5.32 Å². The van der Waals surface area contributed by atoms with E-state index in [1.807, 2.05) is 67.6 Å². The molecule has 2 N–H and O–H groups in total. The lowest BCUT2D eigenvalue weighted by molar-refractivity contribution is 0.0935. The van der Waals surface area contributed by atoms with E-state index in [1.54, 1.807) is 6.07 Å². The Morgan fingerprint density at radius 2 is 1.72 bits per heavy atom. The van der Waals surface area contributed by atoms with Gasteiger partial charge in [-0.1, -0.05) is 41.9 Å². The number of nitrogens with one attached hydrogen (secondary N) is 2. The topological polar surface area (TPSA) is 59.6 Å². The first-order chi connectivity index (χ1) is 14.1. The minimum atomic E-state index is -0.345. The second-order valence-corrected chi connectivity index (χ2v) is 7.09. The van der Waals surface area contributed by atoms with Crippen molar-refractivity contribution < 1.29 is 14.3 Å². The Kier molecular flexibility index (Phi) is 5.58. The summed E-state index contributed by atoms with van der Waals surface area (Å²) < 4.78 is 11.7. The predicted molar refractivity (Wildman–Crippen MR) is 114 cm³/mol. The monoisotopic (exact) mass is 408 g/mol. The first kappa shape index (κ1) is 19.2. The molecule has 0 radical (unpaired) electrons. The molecule has 1 amide bonds. The van der Waals surface area contributed by atoms with Gasteiger partial charge in [0.05, 0.1) is 12.2 Å². The predicted octanol–water partition coefficient (Wildman–Crippen LogP) is 5.17. The zero-order chi connectivity index (χ0) is 20.2. The molecule has 0 saturated carbocycles. The van der Waals surface area contributed by atoms with Crippen molar-refractivity contribution in [3.63, 3.8) is 0 Å². The third kappa shape index (κ3) is 4.30. The smallest absolute Gasteiger partial charge is 0.255 e. The molecule has 0 fully saturated rings. The van der Waals surface area contributed by atoms with Crippen LogP contribution >= 0.6 is 11.6 Å². The Balaban J connectivity index is 1.54. The van der Waals surface area contributed by atoms with Crippen LogP contribution in [0.2, 0.25) is 5.02 Å². The average molecular weight is 409 g/mol. The molecule has 1 aliphatic heterocycles. The number of hydrogen-bond acceptors (Lipinski definition) is 4. The number of amides is 1. The number of carbonyl (C=O) groups excluding carboxylic acids is 1. The zero-order valence-electron chi connectivity index (χ0n) is 15.9. The minimum absolute atomic E-state index is 0.106. The second-order valence-electron chi connectivity index (χ2n) is 6.65. The van der Waals surface area contributed by atoms with Crippen LogP contribution < -0.4 is 20.1 Å². The van der Waals surface area contributed by atoms with Crippen molar-refractivity contribution in [3.8, 4) is 11.5 Å². The molecule has 3 aromatic carbocycles. The molecule has 4 rings (SSSR count). The van der Waals surface area contributed by atoms with Crippen LogP contribution in [0.4, 0.5) is 5.69 Å². The minimum Gasteiger partial charge on any atom is -0.490 e. The highest BCUT2D eigenvalue weighted by Gasteiger charge is 2.25. The highest BCUT2D eigenvalue weighted by Crippen LogP contribution is 2.33. The van der Waals surface area contributed by atoms with Crippen LogP contribution in [0.1, 0.15) is 34.6 Å². The number of fused-ring (bicyclic) bond motifs is 1. The van der Waals surface area contributed by atoms with Gasteiger partial charge in [0.25, 0.3) is 5.91 Å². The Morgan fingerprint density at radius 3 is 2.52 bits per heavy atom. The van der Waals surface area contributed by atoms with Crippen LogP contribution in [-0.4, -0.2) is 12.5 Å². The van der Waals surface area contributed by atoms with Gasteiger partial charge in [0.2, 0.25) is 0 Å². The lowest BCUT2D eigenvalue weighted by atomic mass is 10.1. The Hall–Kier alpha value is -3.18. The molecule has 0 bridgehead atoms. The molecule has 1 heterocycles. The molecule has 0 aromatic heterocycles. The van der Waals surface area contributed by atoms with Crippen LogP contribution in [0.5, 0.6) is 11.5 Å². The molecule has 148 valence electrons. The normalized spacial score (nSPS) is 15.1. The number of hydrogen-bond donors (Lipinski definition) is 2. The van der Waals surface area contributed by atoms with Crippen LogP contribution in [-0.2, 0) is 6.61 Å². The fraction of sp³-hybridized carbons (Fsp3) is 0.174. The number of halogens is 1. The summed E-state index contributed by atoms with van der Waals surface area (Å²) in [6.07, 6.45) is -0.345. The highest BCUT2D eigenvalue weighted by molar-refractivity contribution is 6.30. The molecule has 1 aliphatic rings. The van der Waals surface area contributed by atoms with Gasteiger partial charge < -0.3 is 20.1 Å². The Morgan fingerprint density at radius 1 is 0.931 bits per heavy atom.